The molecule has 0 bridgehead atoms. The van der Waals surface area contributed by atoms with E-state index in [4.69, 9.17) is 0 Å². The fraction of sp³-hybridized carbons (Fsp3) is 0.889. The minimum absolute atomic E-state index is 0. The van der Waals surface area contributed by atoms with Crippen LogP contribution in [0.15, 0.2) is 0 Å². The molecular weight excluding hydrogens is 340 g/mol. The molecule has 2 aliphatic rings. The summed E-state index contributed by atoms with van der Waals surface area (Å²) < 4.78 is 0. The van der Waals surface area contributed by atoms with E-state index in [2.05, 4.69) is 15.5 Å². The van der Waals surface area contributed by atoms with E-state index in [1.54, 1.807) is 0 Å². The van der Waals surface area contributed by atoms with E-state index >= 15 is 0 Å². The van der Waals surface area contributed by atoms with Gasteiger partial charge in [-0.1, -0.05) is 13.8 Å². The van der Waals surface area contributed by atoms with E-state index in [1.165, 1.54) is 0 Å². The molecule has 6 nitrogen and oxygen atoms in total. The molecule has 0 aromatic heterocycles. The number of amides is 2. The normalized spacial score (nSPS) is 22.8. The zero-order valence-corrected chi connectivity index (χ0v) is 16.6. The fourth-order valence-corrected chi connectivity index (χ4v) is 3.47. The van der Waals surface area contributed by atoms with E-state index in [9.17, 15) is 9.59 Å². The monoisotopic (exact) mass is 374 g/mol. The third-order valence-electron chi connectivity index (χ3n) is 5.30. The number of carbonyl (C=O) groups excluding carboxylic acids is 2. The average molecular weight is 375 g/mol. The highest BCUT2D eigenvalue weighted by Gasteiger charge is 2.29. The molecule has 2 rings (SSSR count). The van der Waals surface area contributed by atoms with Crippen LogP contribution in [0.25, 0.3) is 0 Å². The molecule has 0 aromatic rings. The van der Waals surface area contributed by atoms with Gasteiger partial charge in [-0.3, -0.25) is 9.59 Å². The second-order valence-corrected chi connectivity index (χ2v) is 7.17. The molecule has 0 radical (unpaired) electrons. The van der Waals surface area contributed by atoms with E-state index in [-0.39, 0.29) is 36.1 Å². The molecule has 2 saturated heterocycles. The minimum Gasteiger partial charge on any atom is -0.356 e. The Morgan fingerprint density at radius 2 is 1.96 bits per heavy atom. The van der Waals surface area contributed by atoms with Crippen molar-refractivity contribution in [2.45, 2.75) is 39.5 Å². The molecule has 2 unspecified atom stereocenters. The Morgan fingerprint density at radius 1 is 1.24 bits per heavy atom. The van der Waals surface area contributed by atoms with Gasteiger partial charge in [0.1, 0.15) is 0 Å². The third kappa shape index (κ3) is 7.12. The summed E-state index contributed by atoms with van der Waals surface area (Å²) in [5, 5.41) is 6.42. The van der Waals surface area contributed by atoms with Crippen molar-refractivity contribution in [2.24, 2.45) is 11.8 Å². The summed E-state index contributed by atoms with van der Waals surface area (Å²) in [7, 11) is 0. The van der Waals surface area contributed by atoms with Gasteiger partial charge >= 0.3 is 0 Å². The molecule has 2 amide bonds. The number of nitrogens with zero attached hydrogens (tertiary/aromatic N) is 2. The zero-order valence-electron chi connectivity index (χ0n) is 15.8. The first-order valence-electron chi connectivity index (χ1n) is 9.61. The molecule has 7 heteroatoms. The third-order valence-corrected chi connectivity index (χ3v) is 5.30. The topological polar surface area (TPSA) is 64.7 Å². The first-order chi connectivity index (χ1) is 11.6. The first kappa shape index (κ1) is 22.2. The second-order valence-electron chi connectivity index (χ2n) is 7.17. The van der Waals surface area contributed by atoms with Gasteiger partial charge < -0.3 is 20.4 Å². The zero-order chi connectivity index (χ0) is 17.4. The molecule has 2 N–H and O–H groups in total. The van der Waals surface area contributed by atoms with Crippen molar-refractivity contribution in [1.82, 2.24) is 20.4 Å². The lowest BCUT2D eigenvalue weighted by Crippen LogP contribution is -2.47. The number of piperazine rings is 1. The van der Waals surface area contributed by atoms with E-state index < -0.39 is 0 Å². The van der Waals surface area contributed by atoms with Crippen LogP contribution in [0.5, 0.6) is 0 Å². The van der Waals surface area contributed by atoms with E-state index in [0.29, 0.717) is 6.54 Å². The number of halogens is 1. The predicted octanol–water partition coefficient (Wildman–Crippen LogP) is 1.10. The van der Waals surface area contributed by atoms with Crippen molar-refractivity contribution in [3.8, 4) is 0 Å². The van der Waals surface area contributed by atoms with Crippen LogP contribution >= 0.6 is 12.4 Å². The van der Waals surface area contributed by atoms with Crippen LogP contribution in [0.1, 0.15) is 39.5 Å². The van der Waals surface area contributed by atoms with Crippen LogP contribution in [0.3, 0.4) is 0 Å². The standard InChI is InChI=1S/C18H34N4O2.ClH/c1-3-15(2)18(24)22-11-4-6-16(14-22)17(23)20-7-5-10-21-12-8-19-9-13-21;/h15-16,19H,3-14H2,1-2H3,(H,20,23);1H. The summed E-state index contributed by atoms with van der Waals surface area (Å²) in [6.45, 7) is 11.5. The molecule has 0 saturated carbocycles. The maximum atomic E-state index is 12.4. The summed E-state index contributed by atoms with van der Waals surface area (Å²) in [6.07, 6.45) is 3.68. The minimum atomic E-state index is -0.0362. The smallest absolute Gasteiger partial charge is 0.225 e. The second kappa shape index (κ2) is 11.7. The van der Waals surface area contributed by atoms with Gasteiger partial charge in [0.2, 0.25) is 11.8 Å². The van der Waals surface area contributed by atoms with Crippen LogP contribution in [0, 0.1) is 11.8 Å². The van der Waals surface area contributed by atoms with Gasteiger partial charge in [-0.2, -0.15) is 0 Å². The number of nitrogens with one attached hydrogen (secondary N) is 2. The molecule has 0 aromatic carbocycles. The number of likely N-dealkylation sites (tertiary alicyclic amines) is 1. The number of piperidine rings is 1. The van der Waals surface area contributed by atoms with Gasteiger partial charge in [0.15, 0.2) is 0 Å². The summed E-state index contributed by atoms with van der Waals surface area (Å²) in [5.41, 5.74) is 0. The maximum absolute atomic E-state index is 12.4. The Bertz CT molecular complexity index is 416. The molecule has 2 fully saturated rings. The highest BCUT2D eigenvalue weighted by atomic mass is 35.5. The van der Waals surface area contributed by atoms with Crippen molar-refractivity contribution in [2.75, 3.05) is 52.4 Å². The first-order valence-corrected chi connectivity index (χ1v) is 9.61. The van der Waals surface area contributed by atoms with Gasteiger partial charge in [-0.15, -0.1) is 12.4 Å². The van der Waals surface area contributed by atoms with Crippen LogP contribution in [0.2, 0.25) is 0 Å². The van der Waals surface area contributed by atoms with Crippen LogP contribution in [0.4, 0.5) is 0 Å². The van der Waals surface area contributed by atoms with Crippen molar-refractivity contribution >= 4 is 24.2 Å². The predicted molar refractivity (Wildman–Crippen MR) is 103 cm³/mol. The molecule has 2 atom stereocenters. The van der Waals surface area contributed by atoms with Crippen LogP contribution in [-0.2, 0) is 9.59 Å². The maximum Gasteiger partial charge on any atom is 0.225 e. The molecular formula is C18H35ClN4O2. The molecule has 2 heterocycles. The summed E-state index contributed by atoms with van der Waals surface area (Å²) in [4.78, 5) is 29.0. The largest absolute Gasteiger partial charge is 0.356 e. The quantitative estimate of drug-likeness (QED) is 0.655. The van der Waals surface area contributed by atoms with Gasteiger partial charge in [-0.25, -0.2) is 0 Å². The summed E-state index contributed by atoms with van der Waals surface area (Å²) in [6, 6.07) is 0. The van der Waals surface area contributed by atoms with Crippen molar-refractivity contribution in [3.63, 3.8) is 0 Å². The Kier molecular flexibility index (Phi) is 10.4. The lowest BCUT2D eigenvalue weighted by molar-refractivity contribution is -0.138. The number of rotatable bonds is 7. The van der Waals surface area contributed by atoms with Gasteiger partial charge in [0.05, 0.1) is 5.92 Å². The highest BCUT2D eigenvalue weighted by molar-refractivity contribution is 5.85. The Hall–Kier alpha value is -0.850. The Balaban J connectivity index is 0.00000312. The SMILES string of the molecule is CCC(C)C(=O)N1CCCC(C(=O)NCCCN2CCNCC2)C1.Cl. The molecule has 0 aliphatic carbocycles. The Labute approximate surface area is 158 Å². The summed E-state index contributed by atoms with van der Waals surface area (Å²) in [5.74, 6) is 0.349. The Morgan fingerprint density at radius 3 is 2.64 bits per heavy atom. The average Bonchev–Trinajstić information content (AvgIpc) is 2.64. The fourth-order valence-electron chi connectivity index (χ4n) is 3.47. The van der Waals surface area contributed by atoms with Crippen molar-refractivity contribution in [1.29, 1.82) is 0 Å². The molecule has 146 valence electrons. The van der Waals surface area contributed by atoms with Gasteiger partial charge in [0.25, 0.3) is 0 Å². The number of carbonyl (C=O) groups is 2. The summed E-state index contributed by atoms with van der Waals surface area (Å²) >= 11 is 0. The van der Waals surface area contributed by atoms with Crippen molar-refractivity contribution < 1.29 is 9.59 Å². The van der Waals surface area contributed by atoms with Gasteiger partial charge in [-0.05, 0) is 32.2 Å². The van der Waals surface area contributed by atoms with Crippen molar-refractivity contribution in [3.05, 3.63) is 0 Å². The number of hydrogen-bond acceptors (Lipinski definition) is 4. The molecule has 2 aliphatic heterocycles. The lowest BCUT2D eigenvalue weighted by Gasteiger charge is -2.33. The van der Waals surface area contributed by atoms with Crippen LogP contribution in [-0.4, -0.2) is 74.0 Å². The lowest BCUT2D eigenvalue weighted by atomic mass is 9.95. The highest BCUT2D eigenvalue weighted by Crippen LogP contribution is 2.19. The number of hydrogen-bond donors (Lipinski definition) is 2. The molecule has 25 heavy (non-hydrogen) atoms. The van der Waals surface area contributed by atoms with E-state index in [0.717, 1.165) is 71.5 Å². The van der Waals surface area contributed by atoms with E-state index in [1.807, 2.05) is 18.7 Å². The molecule has 0 spiro atoms. The van der Waals surface area contributed by atoms with Gasteiger partial charge in [0, 0.05) is 51.7 Å². The van der Waals surface area contributed by atoms with Crippen LogP contribution < -0.4 is 10.6 Å².